The Morgan fingerprint density at radius 1 is 0.946 bits per heavy atom. The standard InChI is InChI=1S/C28H27N3O6/c1-31(14-15-35-2)27(33)19-10-7-11-20(16-19)29-25(18-8-5-4-6-9-18)24-22-13-12-21(37-28(34)36-3)17-23(22)30-26(24)32/h4-13,16-17,29H,14-15H2,1-3H3,(H,30,32)/b25-24-. The molecule has 2 amide bonds. The normalized spacial score (nSPS) is 13.3. The van der Waals surface area contributed by atoms with Crippen LogP contribution < -0.4 is 15.4 Å². The number of benzene rings is 3. The zero-order valence-electron chi connectivity index (χ0n) is 20.7. The summed E-state index contributed by atoms with van der Waals surface area (Å²) >= 11 is 0. The Bertz CT molecular complexity index is 1350. The molecule has 1 aliphatic rings. The van der Waals surface area contributed by atoms with Crippen molar-refractivity contribution < 1.29 is 28.6 Å². The SMILES string of the molecule is COCCN(C)C(=O)c1cccc(N/C(=C2\C(=O)Nc3cc(OC(=O)OC)ccc32)c2ccccc2)c1. The minimum atomic E-state index is -0.853. The number of hydrogen-bond acceptors (Lipinski definition) is 7. The Morgan fingerprint density at radius 2 is 1.70 bits per heavy atom. The fourth-order valence-corrected chi connectivity index (χ4v) is 3.91. The van der Waals surface area contributed by atoms with Crippen molar-refractivity contribution in [3.8, 4) is 5.75 Å². The van der Waals surface area contributed by atoms with Crippen LogP contribution in [0.2, 0.25) is 0 Å². The van der Waals surface area contributed by atoms with Crippen molar-refractivity contribution in [2.24, 2.45) is 0 Å². The third kappa shape index (κ3) is 5.79. The van der Waals surface area contributed by atoms with Crippen molar-refractivity contribution in [2.75, 3.05) is 45.1 Å². The van der Waals surface area contributed by atoms with Crippen LogP contribution in [0.3, 0.4) is 0 Å². The van der Waals surface area contributed by atoms with Gasteiger partial charge in [0, 0.05) is 43.6 Å². The van der Waals surface area contributed by atoms with Crippen molar-refractivity contribution in [1.29, 1.82) is 0 Å². The maximum Gasteiger partial charge on any atom is 0.513 e. The van der Waals surface area contributed by atoms with Gasteiger partial charge < -0.3 is 29.7 Å². The third-order valence-electron chi connectivity index (χ3n) is 5.77. The Morgan fingerprint density at radius 3 is 2.43 bits per heavy atom. The Kier molecular flexibility index (Phi) is 7.85. The summed E-state index contributed by atoms with van der Waals surface area (Å²) in [5.74, 6) is -0.218. The van der Waals surface area contributed by atoms with Crippen LogP contribution in [-0.2, 0) is 14.3 Å². The van der Waals surface area contributed by atoms with Crippen LogP contribution in [0.25, 0.3) is 11.3 Å². The average molecular weight is 502 g/mol. The number of rotatable bonds is 8. The predicted octanol–water partition coefficient (Wildman–Crippen LogP) is 4.48. The fourth-order valence-electron chi connectivity index (χ4n) is 3.91. The summed E-state index contributed by atoms with van der Waals surface area (Å²) in [5.41, 5.74) is 4.05. The molecule has 0 saturated heterocycles. The number of fused-ring (bicyclic) bond motifs is 1. The molecule has 0 radical (unpaired) electrons. The second-order valence-electron chi connectivity index (χ2n) is 8.26. The summed E-state index contributed by atoms with van der Waals surface area (Å²) < 4.78 is 14.7. The van der Waals surface area contributed by atoms with Crippen LogP contribution in [0.4, 0.5) is 16.2 Å². The van der Waals surface area contributed by atoms with Crippen LogP contribution in [0.1, 0.15) is 21.5 Å². The number of likely N-dealkylation sites (N-methyl/N-ethyl adjacent to an activating group) is 1. The molecule has 37 heavy (non-hydrogen) atoms. The molecule has 0 unspecified atom stereocenters. The van der Waals surface area contributed by atoms with E-state index in [1.807, 2.05) is 36.4 Å². The lowest BCUT2D eigenvalue weighted by Gasteiger charge is -2.18. The van der Waals surface area contributed by atoms with Gasteiger partial charge in [0.05, 0.1) is 30.7 Å². The van der Waals surface area contributed by atoms with Gasteiger partial charge in [-0.25, -0.2) is 4.79 Å². The van der Waals surface area contributed by atoms with Crippen molar-refractivity contribution >= 4 is 40.6 Å². The van der Waals surface area contributed by atoms with Crippen LogP contribution in [0.15, 0.2) is 72.8 Å². The molecule has 4 rings (SSSR count). The predicted molar refractivity (Wildman–Crippen MR) is 140 cm³/mol. The van der Waals surface area contributed by atoms with Gasteiger partial charge in [-0.3, -0.25) is 9.59 Å². The zero-order chi connectivity index (χ0) is 26.4. The Hall–Kier alpha value is -4.63. The summed E-state index contributed by atoms with van der Waals surface area (Å²) in [6, 6.07) is 21.4. The van der Waals surface area contributed by atoms with Gasteiger partial charge in [0.1, 0.15) is 5.75 Å². The lowest BCUT2D eigenvalue weighted by molar-refractivity contribution is -0.110. The van der Waals surface area contributed by atoms with Gasteiger partial charge in [0.15, 0.2) is 0 Å². The molecular formula is C28H27N3O6. The number of carbonyl (C=O) groups excluding carboxylic acids is 3. The van der Waals surface area contributed by atoms with Crippen LogP contribution in [-0.4, -0.2) is 57.3 Å². The van der Waals surface area contributed by atoms with E-state index in [9.17, 15) is 14.4 Å². The maximum absolute atomic E-state index is 13.2. The molecule has 2 N–H and O–H groups in total. The van der Waals surface area contributed by atoms with E-state index in [0.29, 0.717) is 46.9 Å². The monoisotopic (exact) mass is 501 g/mol. The molecule has 0 spiro atoms. The Labute approximate surface area is 214 Å². The highest BCUT2D eigenvalue weighted by molar-refractivity contribution is 6.37. The molecule has 0 aromatic heterocycles. The number of ether oxygens (including phenoxy) is 3. The molecule has 3 aromatic rings. The van der Waals surface area contributed by atoms with Crippen molar-refractivity contribution in [1.82, 2.24) is 4.90 Å². The van der Waals surface area contributed by atoms with E-state index in [1.165, 1.54) is 7.11 Å². The summed E-state index contributed by atoms with van der Waals surface area (Å²) in [7, 11) is 4.53. The van der Waals surface area contributed by atoms with Gasteiger partial charge in [-0.15, -0.1) is 0 Å². The van der Waals surface area contributed by atoms with E-state index in [4.69, 9.17) is 9.47 Å². The molecule has 190 valence electrons. The van der Waals surface area contributed by atoms with Gasteiger partial charge >= 0.3 is 6.16 Å². The molecule has 0 atom stereocenters. The zero-order valence-corrected chi connectivity index (χ0v) is 20.7. The van der Waals surface area contributed by atoms with Crippen LogP contribution >= 0.6 is 0 Å². The van der Waals surface area contributed by atoms with E-state index < -0.39 is 6.16 Å². The van der Waals surface area contributed by atoms with Gasteiger partial charge in [-0.05, 0) is 35.9 Å². The first-order chi connectivity index (χ1) is 17.9. The molecule has 9 nitrogen and oxygen atoms in total. The fraction of sp³-hybridized carbons (Fsp3) is 0.179. The lowest BCUT2D eigenvalue weighted by Crippen LogP contribution is -2.29. The molecule has 0 fully saturated rings. The first-order valence-corrected chi connectivity index (χ1v) is 11.5. The van der Waals surface area contributed by atoms with Crippen LogP contribution in [0, 0.1) is 0 Å². The smallest absolute Gasteiger partial charge is 0.437 e. The van der Waals surface area contributed by atoms with Crippen molar-refractivity contribution in [3.05, 3.63) is 89.5 Å². The number of hydrogen-bond donors (Lipinski definition) is 2. The van der Waals surface area contributed by atoms with E-state index in [1.54, 1.807) is 55.5 Å². The quantitative estimate of drug-likeness (QED) is 0.266. The molecule has 9 heteroatoms. The summed E-state index contributed by atoms with van der Waals surface area (Å²) in [6.45, 7) is 0.899. The highest BCUT2D eigenvalue weighted by Crippen LogP contribution is 2.39. The van der Waals surface area contributed by atoms with E-state index in [-0.39, 0.29) is 17.6 Å². The van der Waals surface area contributed by atoms with Gasteiger partial charge in [0.2, 0.25) is 0 Å². The molecule has 0 aliphatic carbocycles. The highest BCUT2D eigenvalue weighted by atomic mass is 16.7. The molecular weight excluding hydrogens is 474 g/mol. The second kappa shape index (κ2) is 11.4. The first-order valence-electron chi connectivity index (χ1n) is 11.5. The topological polar surface area (TPSA) is 106 Å². The molecule has 0 bridgehead atoms. The summed E-state index contributed by atoms with van der Waals surface area (Å²) in [5, 5.41) is 6.20. The van der Waals surface area contributed by atoms with Gasteiger partial charge in [-0.2, -0.15) is 0 Å². The van der Waals surface area contributed by atoms with Crippen molar-refractivity contribution in [3.63, 3.8) is 0 Å². The van der Waals surface area contributed by atoms with E-state index in [2.05, 4.69) is 15.4 Å². The number of nitrogens with zero attached hydrogens (tertiary/aromatic N) is 1. The van der Waals surface area contributed by atoms with Crippen molar-refractivity contribution in [2.45, 2.75) is 0 Å². The number of anilines is 2. The molecule has 1 aliphatic heterocycles. The largest absolute Gasteiger partial charge is 0.513 e. The summed E-state index contributed by atoms with van der Waals surface area (Å²) in [4.78, 5) is 39.1. The highest BCUT2D eigenvalue weighted by Gasteiger charge is 2.29. The van der Waals surface area contributed by atoms with Crippen LogP contribution in [0.5, 0.6) is 5.75 Å². The van der Waals surface area contributed by atoms with Gasteiger partial charge in [-0.1, -0.05) is 36.4 Å². The van der Waals surface area contributed by atoms with Gasteiger partial charge in [0.25, 0.3) is 11.8 Å². The second-order valence-corrected chi connectivity index (χ2v) is 8.26. The number of nitrogens with one attached hydrogen (secondary N) is 2. The first kappa shape index (κ1) is 25.5. The van der Waals surface area contributed by atoms with E-state index >= 15 is 0 Å². The number of amides is 2. The molecule has 1 heterocycles. The Balaban J connectivity index is 1.73. The maximum atomic E-state index is 13.2. The van der Waals surface area contributed by atoms with E-state index in [0.717, 1.165) is 5.56 Å². The summed E-state index contributed by atoms with van der Waals surface area (Å²) in [6.07, 6.45) is -0.853. The number of methoxy groups -OCH3 is 2. The third-order valence-corrected chi connectivity index (χ3v) is 5.77. The minimum absolute atomic E-state index is 0.142. The molecule has 0 saturated carbocycles. The lowest BCUT2D eigenvalue weighted by atomic mass is 9.99. The average Bonchev–Trinajstić information content (AvgIpc) is 3.25. The minimum Gasteiger partial charge on any atom is -0.437 e. The molecule has 3 aromatic carbocycles. The number of carbonyl (C=O) groups is 3.